The Morgan fingerprint density at radius 1 is 1.08 bits per heavy atom. The zero-order valence-electron chi connectivity index (χ0n) is 8.64. The van der Waals surface area contributed by atoms with Crippen molar-refractivity contribution >= 4 is 0 Å². The van der Waals surface area contributed by atoms with Crippen LogP contribution in [0.25, 0.3) is 0 Å². The van der Waals surface area contributed by atoms with Crippen LogP contribution in [0, 0.1) is 6.92 Å². The Labute approximate surface area is 77.5 Å². The van der Waals surface area contributed by atoms with Crippen LogP contribution in [0.2, 0.25) is 0 Å². The number of hydrogen-bond acceptors (Lipinski definition) is 1. The molecule has 0 aliphatic heterocycles. The number of ether oxygens (including phenoxy) is 1. The predicted octanol–water partition coefficient (Wildman–Crippen LogP) is 3.59. The average molecular weight is 171 g/mol. The Kier molecular flexibility index (Phi) is 9.02. The van der Waals surface area contributed by atoms with Crippen molar-refractivity contribution in [3.8, 4) is 0 Å². The molecule has 0 aromatic heterocycles. The summed E-state index contributed by atoms with van der Waals surface area (Å²) in [5, 5.41) is 0. The SMILES string of the molecule is [CH2]C(CCCCCC)OCCC. The Hall–Kier alpha value is -0.0400. The predicted molar refractivity (Wildman–Crippen MR) is 54.1 cm³/mol. The van der Waals surface area contributed by atoms with E-state index in [1.165, 1.54) is 25.7 Å². The third kappa shape index (κ3) is 8.06. The van der Waals surface area contributed by atoms with Crippen molar-refractivity contribution < 1.29 is 4.74 Å². The Balaban J connectivity index is 3.02. The Morgan fingerprint density at radius 3 is 2.42 bits per heavy atom. The van der Waals surface area contributed by atoms with Gasteiger partial charge >= 0.3 is 0 Å². The van der Waals surface area contributed by atoms with Crippen LogP contribution in [0.4, 0.5) is 0 Å². The summed E-state index contributed by atoms with van der Waals surface area (Å²) >= 11 is 0. The second-order valence-electron chi connectivity index (χ2n) is 3.34. The summed E-state index contributed by atoms with van der Waals surface area (Å²) in [6.45, 7) is 9.17. The minimum absolute atomic E-state index is 0.224. The molecule has 0 bridgehead atoms. The fourth-order valence-corrected chi connectivity index (χ4v) is 1.17. The second-order valence-corrected chi connectivity index (χ2v) is 3.34. The molecule has 1 unspecified atom stereocenters. The molecular weight excluding hydrogens is 148 g/mol. The van der Waals surface area contributed by atoms with Gasteiger partial charge in [0.05, 0.1) is 6.10 Å². The van der Waals surface area contributed by atoms with Crippen LogP contribution < -0.4 is 0 Å². The summed E-state index contributed by atoms with van der Waals surface area (Å²) < 4.78 is 5.46. The van der Waals surface area contributed by atoms with Gasteiger partial charge in [-0.3, -0.25) is 0 Å². The highest BCUT2D eigenvalue weighted by atomic mass is 16.5. The molecule has 1 atom stereocenters. The summed E-state index contributed by atoms with van der Waals surface area (Å²) in [7, 11) is 0. The van der Waals surface area contributed by atoms with Gasteiger partial charge in [-0.2, -0.15) is 0 Å². The molecular formula is C11H23O. The normalized spacial score (nSPS) is 13.2. The van der Waals surface area contributed by atoms with E-state index in [0.717, 1.165) is 19.4 Å². The van der Waals surface area contributed by atoms with E-state index in [1.54, 1.807) is 0 Å². The van der Waals surface area contributed by atoms with Gasteiger partial charge in [0, 0.05) is 6.61 Å². The fraction of sp³-hybridized carbons (Fsp3) is 0.909. The number of hydrogen-bond donors (Lipinski definition) is 0. The first-order valence-corrected chi connectivity index (χ1v) is 5.26. The molecule has 0 heterocycles. The molecule has 1 nitrogen and oxygen atoms in total. The second kappa shape index (κ2) is 9.05. The lowest BCUT2D eigenvalue weighted by molar-refractivity contribution is 0.0762. The van der Waals surface area contributed by atoms with Crippen molar-refractivity contribution in [2.75, 3.05) is 6.61 Å². The van der Waals surface area contributed by atoms with Crippen LogP contribution in [-0.2, 0) is 4.74 Å². The van der Waals surface area contributed by atoms with Gasteiger partial charge in [-0.25, -0.2) is 0 Å². The molecule has 0 aliphatic carbocycles. The smallest absolute Gasteiger partial charge is 0.0576 e. The molecule has 0 aromatic rings. The van der Waals surface area contributed by atoms with Crippen LogP contribution in [0.5, 0.6) is 0 Å². The topological polar surface area (TPSA) is 9.23 Å². The van der Waals surface area contributed by atoms with E-state index in [-0.39, 0.29) is 6.10 Å². The molecule has 0 fully saturated rings. The highest BCUT2D eigenvalue weighted by Crippen LogP contribution is 2.07. The van der Waals surface area contributed by atoms with Crippen molar-refractivity contribution in [2.24, 2.45) is 0 Å². The summed E-state index contributed by atoms with van der Waals surface area (Å²) in [4.78, 5) is 0. The molecule has 0 spiro atoms. The first-order chi connectivity index (χ1) is 5.81. The van der Waals surface area contributed by atoms with E-state index in [1.807, 2.05) is 0 Å². The molecule has 12 heavy (non-hydrogen) atoms. The third-order valence-corrected chi connectivity index (χ3v) is 1.94. The minimum Gasteiger partial charge on any atom is -0.378 e. The van der Waals surface area contributed by atoms with Crippen molar-refractivity contribution in [1.29, 1.82) is 0 Å². The van der Waals surface area contributed by atoms with Crippen molar-refractivity contribution in [3.63, 3.8) is 0 Å². The van der Waals surface area contributed by atoms with Crippen LogP contribution in [0.15, 0.2) is 0 Å². The highest BCUT2D eigenvalue weighted by molar-refractivity contribution is 4.59. The zero-order valence-corrected chi connectivity index (χ0v) is 8.64. The lowest BCUT2D eigenvalue weighted by Gasteiger charge is -2.11. The first kappa shape index (κ1) is 12.0. The molecule has 0 aromatic carbocycles. The van der Waals surface area contributed by atoms with Crippen molar-refractivity contribution in [1.82, 2.24) is 0 Å². The van der Waals surface area contributed by atoms with Gasteiger partial charge in [0.15, 0.2) is 0 Å². The number of rotatable bonds is 8. The van der Waals surface area contributed by atoms with Gasteiger partial charge in [-0.1, -0.05) is 39.5 Å². The third-order valence-electron chi connectivity index (χ3n) is 1.94. The molecule has 0 aliphatic rings. The van der Waals surface area contributed by atoms with Crippen molar-refractivity contribution in [3.05, 3.63) is 6.92 Å². The van der Waals surface area contributed by atoms with Gasteiger partial charge < -0.3 is 4.74 Å². The van der Waals surface area contributed by atoms with E-state index in [9.17, 15) is 0 Å². The van der Waals surface area contributed by atoms with Gasteiger partial charge in [0.25, 0.3) is 0 Å². The lowest BCUT2D eigenvalue weighted by atomic mass is 10.1. The highest BCUT2D eigenvalue weighted by Gasteiger charge is 2.00. The summed E-state index contributed by atoms with van der Waals surface area (Å²) in [5.74, 6) is 0. The molecule has 73 valence electrons. The standard InChI is InChI=1S/C11H23O/c1-4-6-7-8-9-11(3)12-10-5-2/h11H,3-10H2,1-2H3. The molecule has 1 heteroatoms. The van der Waals surface area contributed by atoms with E-state index in [2.05, 4.69) is 20.8 Å². The monoisotopic (exact) mass is 171 g/mol. The molecule has 0 N–H and O–H groups in total. The van der Waals surface area contributed by atoms with Crippen LogP contribution in [-0.4, -0.2) is 12.7 Å². The Morgan fingerprint density at radius 2 is 1.83 bits per heavy atom. The maximum atomic E-state index is 5.46. The van der Waals surface area contributed by atoms with Gasteiger partial charge in [-0.05, 0) is 19.8 Å². The molecule has 0 rings (SSSR count). The van der Waals surface area contributed by atoms with E-state index < -0.39 is 0 Å². The summed E-state index contributed by atoms with van der Waals surface area (Å²) in [6, 6.07) is 0. The zero-order chi connectivity index (χ0) is 9.23. The quantitative estimate of drug-likeness (QED) is 0.507. The van der Waals surface area contributed by atoms with Crippen LogP contribution in [0.3, 0.4) is 0 Å². The Bertz CT molecular complexity index is 81.1. The van der Waals surface area contributed by atoms with Gasteiger partial charge in [0.1, 0.15) is 0 Å². The van der Waals surface area contributed by atoms with Gasteiger partial charge in [0.2, 0.25) is 0 Å². The van der Waals surface area contributed by atoms with Gasteiger partial charge in [-0.15, -0.1) is 0 Å². The average Bonchev–Trinajstić information content (AvgIpc) is 2.09. The van der Waals surface area contributed by atoms with Crippen molar-refractivity contribution in [2.45, 2.75) is 58.5 Å². The summed E-state index contributed by atoms with van der Waals surface area (Å²) in [6.07, 6.45) is 7.70. The van der Waals surface area contributed by atoms with Crippen LogP contribution in [0.1, 0.15) is 52.4 Å². The lowest BCUT2D eigenvalue weighted by Crippen LogP contribution is -2.08. The number of unbranched alkanes of at least 4 members (excludes halogenated alkanes) is 3. The maximum absolute atomic E-state index is 5.46. The van der Waals surface area contributed by atoms with E-state index in [0.29, 0.717) is 0 Å². The molecule has 1 radical (unpaired) electrons. The van der Waals surface area contributed by atoms with E-state index >= 15 is 0 Å². The van der Waals surface area contributed by atoms with E-state index in [4.69, 9.17) is 4.74 Å². The molecule has 0 saturated heterocycles. The van der Waals surface area contributed by atoms with Crippen LogP contribution >= 0.6 is 0 Å². The first-order valence-electron chi connectivity index (χ1n) is 5.26. The molecule has 0 amide bonds. The minimum atomic E-state index is 0.224. The summed E-state index contributed by atoms with van der Waals surface area (Å²) in [5.41, 5.74) is 0. The fourth-order valence-electron chi connectivity index (χ4n) is 1.17. The largest absolute Gasteiger partial charge is 0.378 e. The molecule has 0 saturated carbocycles. The maximum Gasteiger partial charge on any atom is 0.0576 e.